The highest BCUT2D eigenvalue weighted by molar-refractivity contribution is 5.81. The Hall–Kier alpha value is -1.88. The molecule has 0 bridgehead atoms. The lowest BCUT2D eigenvalue weighted by Crippen LogP contribution is -2.33. The number of hydrogen-bond acceptors (Lipinski definition) is 3. The van der Waals surface area contributed by atoms with Crippen molar-refractivity contribution in [1.29, 1.82) is 0 Å². The van der Waals surface area contributed by atoms with E-state index >= 15 is 0 Å². The maximum atomic E-state index is 9.85. The van der Waals surface area contributed by atoms with E-state index in [4.69, 9.17) is 11.5 Å². The van der Waals surface area contributed by atoms with Gasteiger partial charge in [-0.25, -0.2) is 0 Å². The van der Waals surface area contributed by atoms with E-state index in [1.54, 1.807) is 6.21 Å². The molecular weight excluding hydrogens is 252 g/mol. The SMILES string of the molecule is NC(N)=NN=Cc1cccc(C2(CO)CCCCC2)c1. The van der Waals surface area contributed by atoms with Gasteiger partial charge >= 0.3 is 0 Å². The van der Waals surface area contributed by atoms with Gasteiger partial charge in [-0.3, -0.25) is 0 Å². The van der Waals surface area contributed by atoms with Crippen LogP contribution in [0.3, 0.4) is 0 Å². The lowest BCUT2D eigenvalue weighted by Gasteiger charge is -2.36. The molecule has 0 saturated heterocycles. The van der Waals surface area contributed by atoms with Crippen molar-refractivity contribution in [3.63, 3.8) is 0 Å². The lowest BCUT2D eigenvalue weighted by molar-refractivity contribution is 0.152. The molecule has 0 heterocycles. The van der Waals surface area contributed by atoms with Gasteiger partial charge in [-0.05, 0) is 30.0 Å². The Morgan fingerprint density at radius 3 is 2.65 bits per heavy atom. The summed E-state index contributed by atoms with van der Waals surface area (Å²) in [4.78, 5) is 0. The number of hydrogen-bond donors (Lipinski definition) is 3. The van der Waals surface area contributed by atoms with E-state index in [0.29, 0.717) is 0 Å². The minimum Gasteiger partial charge on any atom is -0.395 e. The molecule has 0 unspecified atom stereocenters. The molecule has 20 heavy (non-hydrogen) atoms. The Morgan fingerprint density at radius 2 is 2.00 bits per heavy atom. The molecule has 108 valence electrons. The molecule has 5 N–H and O–H groups in total. The summed E-state index contributed by atoms with van der Waals surface area (Å²) in [6, 6.07) is 8.08. The van der Waals surface area contributed by atoms with Crippen LogP contribution < -0.4 is 11.5 Å². The molecule has 0 aliphatic heterocycles. The molecule has 1 saturated carbocycles. The molecule has 1 aromatic rings. The minimum absolute atomic E-state index is 0.0588. The maximum Gasteiger partial charge on any atom is 0.211 e. The number of nitrogens with two attached hydrogens (primary N) is 2. The van der Waals surface area contributed by atoms with Crippen LogP contribution in [0.4, 0.5) is 0 Å². The van der Waals surface area contributed by atoms with Crippen LogP contribution in [0, 0.1) is 0 Å². The number of benzene rings is 1. The van der Waals surface area contributed by atoms with Crippen LogP contribution in [0.1, 0.15) is 43.2 Å². The van der Waals surface area contributed by atoms with Crippen LogP contribution in [0.2, 0.25) is 0 Å². The van der Waals surface area contributed by atoms with E-state index in [0.717, 1.165) is 18.4 Å². The van der Waals surface area contributed by atoms with Gasteiger partial charge in [0.15, 0.2) is 0 Å². The fraction of sp³-hybridized carbons (Fsp3) is 0.467. The molecule has 0 radical (unpaired) electrons. The first-order chi connectivity index (χ1) is 9.66. The number of aliphatic hydroxyl groups is 1. The second kappa shape index (κ2) is 6.52. The molecular formula is C15H22N4O. The van der Waals surface area contributed by atoms with E-state index in [1.807, 2.05) is 12.1 Å². The Labute approximate surface area is 119 Å². The predicted octanol–water partition coefficient (Wildman–Crippen LogP) is 1.49. The summed E-state index contributed by atoms with van der Waals surface area (Å²) >= 11 is 0. The normalized spacial score (nSPS) is 18.1. The number of aliphatic hydroxyl groups excluding tert-OH is 1. The zero-order chi connectivity index (χ0) is 14.4. The van der Waals surface area contributed by atoms with Gasteiger partial charge < -0.3 is 16.6 Å². The second-order valence-corrected chi connectivity index (χ2v) is 5.39. The van der Waals surface area contributed by atoms with E-state index in [1.165, 1.54) is 24.8 Å². The number of nitrogens with zero attached hydrogens (tertiary/aromatic N) is 2. The first kappa shape index (κ1) is 14.5. The van der Waals surface area contributed by atoms with Gasteiger partial charge in [0.25, 0.3) is 0 Å². The van der Waals surface area contributed by atoms with Gasteiger partial charge in [-0.1, -0.05) is 37.5 Å². The Balaban J connectivity index is 2.24. The van der Waals surface area contributed by atoms with Gasteiger partial charge in [0.05, 0.1) is 12.8 Å². The monoisotopic (exact) mass is 274 g/mol. The Kier molecular flexibility index (Phi) is 4.74. The molecule has 0 spiro atoms. The molecule has 1 fully saturated rings. The van der Waals surface area contributed by atoms with Crippen molar-refractivity contribution in [1.82, 2.24) is 0 Å². The molecule has 0 aromatic heterocycles. The van der Waals surface area contributed by atoms with Gasteiger partial charge in [-0.15, -0.1) is 5.10 Å². The summed E-state index contributed by atoms with van der Waals surface area (Å²) < 4.78 is 0. The molecule has 5 nitrogen and oxygen atoms in total. The second-order valence-electron chi connectivity index (χ2n) is 5.39. The molecule has 0 atom stereocenters. The lowest BCUT2D eigenvalue weighted by atomic mass is 9.70. The van der Waals surface area contributed by atoms with Crippen molar-refractivity contribution in [3.8, 4) is 0 Å². The van der Waals surface area contributed by atoms with Crippen molar-refractivity contribution in [2.45, 2.75) is 37.5 Å². The number of rotatable bonds is 4. The smallest absolute Gasteiger partial charge is 0.211 e. The quantitative estimate of drug-likeness (QED) is 0.441. The fourth-order valence-corrected chi connectivity index (χ4v) is 2.88. The van der Waals surface area contributed by atoms with Crippen LogP contribution in [0.15, 0.2) is 34.5 Å². The van der Waals surface area contributed by atoms with Crippen LogP contribution in [-0.4, -0.2) is 23.9 Å². The topological polar surface area (TPSA) is 97.0 Å². The summed E-state index contributed by atoms with van der Waals surface area (Å²) in [5.41, 5.74) is 12.5. The van der Waals surface area contributed by atoms with Gasteiger partial charge in [0, 0.05) is 5.41 Å². The summed E-state index contributed by atoms with van der Waals surface area (Å²) in [6.07, 6.45) is 7.31. The van der Waals surface area contributed by atoms with E-state index < -0.39 is 0 Å². The van der Waals surface area contributed by atoms with Crippen LogP contribution in [0.25, 0.3) is 0 Å². The third-order valence-corrected chi connectivity index (χ3v) is 3.99. The highest BCUT2D eigenvalue weighted by Gasteiger charge is 2.33. The Bertz CT molecular complexity index is 500. The zero-order valence-corrected chi connectivity index (χ0v) is 11.6. The van der Waals surface area contributed by atoms with Crippen LogP contribution >= 0.6 is 0 Å². The first-order valence-corrected chi connectivity index (χ1v) is 7.00. The van der Waals surface area contributed by atoms with E-state index in [9.17, 15) is 5.11 Å². The highest BCUT2D eigenvalue weighted by Crippen LogP contribution is 2.39. The van der Waals surface area contributed by atoms with Gasteiger partial charge in [0.2, 0.25) is 5.96 Å². The van der Waals surface area contributed by atoms with Crippen molar-refractivity contribution < 1.29 is 5.11 Å². The molecule has 5 heteroatoms. The van der Waals surface area contributed by atoms with Crippen molar-refractivity contribution >= 4 is 12.2 Å². The number of guanidine groups is 1. The average Bonchev–Trinajstić information content (AvgIpc) is 2.48. The summed E-state index contributed by atoms with van der Waals surface area (Å²) in [6.45, 7) is 0.196. The Morgan fingerprint density at radius 1 is 1.25 bits per heavy atom. The molecule has 1 aromatic carbocycles. The zero-order valence-electron chi connectivity index (χ0n) is 11.6. The molecule has 2 rings (SSSR count). The summed E-state index contributed by atoms with van der Waals surface area (Å²) in [5, 5.41) is 17.3. The average molecular weight is 274 g/mol. The van der Waals surface area contributed by atoms with E-state index in [-0.39, 0.29) is 18.0 Å². The van der Waals surface area contributed by atoms with Gasteiger partial charge in [-0.2, -0.15) is 5.10 Å². The van der Waals surface area contributed by atoms with Crippen molar-refractivity contribution in [2.24, 2.45) is 21.7 Å². The third-order valence-electron chi connectivity index (χ3n) is 3.99. The summed E-state index contributed by atoms with van der Waals surface area (Å²) in [7, 11) is 0. The van der Waals surface area contributed by atoms with Gasteiger partial charge in [0.1, 0.15) is 0 Å². The van der Waals surface area contributed by atoms with E-state index in [2.05, 4.69) is 22.3 Å². The first-order valence-electron chi connectivity index (χ1n) is 7.00. The van der Waals surface area contributed by atoms with Crippen LogP contribution in [-0.2, 0) is 5.41 Å². The standard InChI is InChI=1S/C15H22N4O/c16-14(17)19-18-10-12-5-4-6-13(9-12)15(11-20)7-2-1-3-8-15/h4-6,9-10,20H,1-3,7-8,11H2,(H4,16,17,19). The minimum atomic E-state index is -0.0989. The molecule has 0 amide bonds. The predicted molar refractivity (Wildman–Crippen MR) is 81.7 cm³/mol. The molecule has 1 aliphatic carbocycles. The maximum absolute atomic E-state index is 9.85. The summed E-state index contributed by atoms with van der Waals surface area (Å²) in [5.74, 6) is -0.0588. The van der Waals surface area contributed by atoms with Crippen molar-refractivity contribution in [2.75, 3.05) is 6.61 Å². The molecule has 1 aliphatic rings. The highest BCUT2D eigenvalue weighted by atomic mass is 16.3. The van der Waals surface area contributed by atoms with Crippen molar-refractivity contribution in [3.05, 3.63) is 35.4 Å². The largest absolute Gasteiger partial charge is 0.395 e. The fourth-order valence-electron chi connectivity index (χ4n) is 2.88. The van der Waals surface area contributed by atoms with Crippen LogP contribution in [0.5, 0.6) is 0 Å². The third kappa shape index (κ3) is 3.36.